The lowest BCUT2D eigenvalue weighted by atomic mass is 10.1. The molecule has 10 nitrogen and oxygen atoms in total. The van der Waals surface area contributed by atoms with Crippen molar-refractivity contribution in [2.45, 2.75) is 25.9 Å². The number of rotatable bonds is 9. The summed E-state index contributed by atoms with van der Waals surface area (Å²) in [4.78, 5) is 15.8. The number of aliphatic imine (C=N–C) groups is 1. The van der Waals surface area contributed by atoms with Gasteiger partial charge in [0.1, 0.15) is 5.82 Å². The van der Waals surface area contributed by atoms with E-state index < -0.39 is 6.10 Å². The highest BCUT2D eigenvalue weighted by molar-refractivity contribution is 6.10. The highest BCUT2D eigenvalue weighted by Crippen LogP contribution is 2.21. The molecule has 3 aromatic heterocycles. The molecule has 4 rings (SSSR count). The Morgan fingerprint density at radius 1 is 1.20 bits per heavy atom. The molecule has 0 saturated carbocycles. The molecule has 0 aromatic carbocycles. The van der Waals surface area contributed by atoms with Crippen LogP contribution < -0.4 is 11.1 Å². The van der Waals surface area contributed by atoms with E-state index in [1.54, 1.807) is 18.6 Å². The molecule has 0 amide bonds. The SMILES string of the molecule is CC(C)c1cnnc(Nc2ccc3ncc(C(C=NCC(O)CN4CCOCC4)=CN)cc3n2)c1. The number of aromatic nitrogens is 4. The number of fused-ring (bicyclic) bond motifs is 1. The van der Waals surface area contributed by atoms with E-state index in [4.69, 9.17) is 10.5 Å². The molecular formula is C25H32N8O2. The molecule has 184 valence electrons. The fourth-order valence-corrected chi connectivity index (χ4v) is 3.75. The first-order chi connectivity index (χ1) is 17.0. The first kappa shape index (κ1) is 24.6. The standard InChI is InChI=1S/C25H32N8O2/c1-17(2)18-10-25(32-29-14-18)31-24-4-3-22-23(30-24)9-19(13-28-22)20(11-26)12-27-15-21(34)16-33-5-7-35-8-6-33/h3-4,9-14,17,21,34H,5-8,15-16,26H2,1-2H3,(H,30,31,32). The minimum absolute atomic E-state index is 0.290. The van der Waals surface area contributed by atoms with E-state index in [1.807, 2.05) is 24.3 Å². The number of nitrogens with two attached hydrogens (primary N) is 1. The summed E-state index contributed by atoms with van der Waals surface area (Å²) in [6.45, 7) is 8.15. The van der Waals surface area contributed by atoms with Gasteiger partial charge >= 0.3 is 0 Å². The minimum Gasteiger partial charge on any atom is -0.404 e. The topological polar surface area (TPSA) is 135 Å². The van der Waals surface area contributed by atoms with Crippen LogP contribution in [0.1, 0.15) is 30.9 Å². The van der Waals surface area contributed by atoms with E-state index in [-0.39, 0.29) is 0 Å². The summed E-state index contributed by atoms with van der Waals surface area (Å²) in [5, 5.41) is 21.8. The van der Waals surface area contributed by atoms with Gasteiger partial charge in [0.2, 0.25) is 0 Å². The number of pyridine rings is 2. The van der Waals surface area contributed by atoms with Crippen LogP contribution in [0.2, 0.25) is 0 Å². The van der Waals surface area contributed by atoms with Crippen molar-refractivity contribution < 1.29 is 9.84 Å². The molecule has 0 aliphatic carbocycles. The molecule has 4 heterocycles. The number of β-amino-alcohol motifs (C(OH)–C–C–N with tert-alkyl or cyclic N) is 1. The van der Waals surface area contributed by atoms with Crippen LogP contribution in [0.3, 0.4) is 0 Å². The molecular weight excluding hydrogens is 444 g/mol. The number of hydrogen-bond donors (Lipinski definition) is 3. The van der Waals surface area contributed by atoms with E-state index in [0.717, 1.165) is 29.7 Å². The van der Waals surface area contributed by atoms with Crippen molar-refractivity contribution in [1.82, 2.24) is 25.1 Å². The monoisotopic (exact) mass is 476 g/mol. The van der Waals surface area contributed by atoms with E-state index in [2.05, 4.69) is 49.2 Å². The van der Waals surface area contributed by atoms with Crippen molar-refractivity contribution in [1.29, 1.82) is 0 Å². The Morgan fingerprint density at radius 2 is 2.03 bits per heavy atom. The molecule has 0 radical (unpaired) electrons. The van der Waals surface area contributed by atoms with Gasteiger partial charge in [-0.3, -0.25) is 14.9 Å². The third-order valence-electron chi connectivity index (χ3n) is 5.77. The van der Waals surface area contributed by atoms with E-state index >= 15 is 0 Å². The van der Waals surface area contributed by atoms with Crippen molar-refractivity contribution in [3.05, 3.63) is 54.0 Å². The fourth-order valence-electron chi connectivity index (χ4n) is 3.75. The maximum Gasteiger partial charge on any atom is 0.154 e. The van der Waals surface area contributed by atoms with Gasteiger partial charge in [-0.05, 0) is 35.7 Å². The normalized spacial score (nSPS) is 16.3. The lowest BCUT2D eigenvalue weighted by molar-refractivity contribution is 0.0165. The highest BCUT2D eigenvalue weighted by atomic mass is 16.5. The first-order valence-electron chi connectivity index (χ1n) is 11.8. The number of nitrogens with zero attached hydrogens (tertiary/aromatic N) is 6. The highest BCUT2D eigenvalue weighted by Gasteiger charge is 2.14. The smallest absolute Gasteiger partial charge is 0.154 e. The third-order valence-corrected chi connectivity index (χ3v) is 5.77. The predicted octanol–water partition coefficient (Wildman–Crippen LogP) is 2.35. The lowest BCUT2D eigenvalue weighted by Crippen LogP contribution is -2.41. The van der Waals surface area contributed by atoms with Crippen LogP contribution in [0, 0.1) is 0 Å². The average molecular weight is 477 g/mol. The Labute approximate surface area is 205 Å². The summed E-state index contributed by atoms with van der Waals surface area (Å²) in [5.41, 5.74) is 9.93. The van der Waals surface area contributed by atoms with Gasteiger partial charge in [-0.1, -0.05) is 13.8 Å². The average Bonchev–Trinajstić information content (AvgIpc) is 2.87. The maximum atomic E-state index is 10.3. The molecule has 1 fully saturated rings. The number of nitrogens with one attached hydrogen (secondary N) is 1. The summed E-state index contributed by atoms with van der Waals surface area (Å²) in [5.74, 6) is 1.63. The third kappa shape index (κ3) is 6.78. The number of anilines is 2. The van der Waals surface area contributed by atoms with Crippen molar-refractivity contribution in [3.8, 4) is 0 Å². The number of ether oxygens (including phenoxy) is 1. The number of morpholine rings is 1. The van der Waals surface area contributed by atoms with Gasteiger partial charge in [-0.2, -0.15) is 5.10 Å². The predicted molar refractivity (Wildman–Crippen MR) is 138 cm³/mol. The molecule has 1 saturated heterocycles. The summed E-state index contributed by atoms with van der Waals surface area (Å²) < 4.78 is 5.34. The molecule has 1 aliphatic heterocycles. The van der Waals surface area contributed by atoms with Crippen LogP contribution in [-0.4, -0.2) is 81.9 Å². The Balaban J connectivity index is 1.44. The van der Waals surface area contributed by atoms with Crippen LogP contribution in [0.25, 0.3) is 16.6 Å². The molecule has 1 unspecified atom stereocenters. The number of aliphatic hydroxyl groups is 1. The lowest BCUT2D eigenvalue weighted by Gasteiger charge is -2.28. The number of allylic oxidation sites excluding steroid dienone is 1. The molecule has 1 aliphatic rings. The van der Waals surface area contributed by atoms with Crippen LogP contribution >= 0.6 is 0 Å². The molecule has 0 spiro atoms. The Kier molecular flexibility index (Phi) is 8.30. The minimum atomic E-state index is -0.550. The molecule has 4 N–H and O–H groups in total. The zero-order chi connectivity index (χ0) is 24.6. The Bertz CT molecular complexity index is 1190. The van der Waals surface area contributed by atoms with Crippen molar-refractivity contribution >= 4 is 34.5 Å². The van der Waals surface area contributed by atoms with Gasteiger partial charge in [-0.15, -0.1) is 5.10 Å². The fraction of sp³-hybridized carbons (Fsp3) is 0.400. The second-order valence-electron chi connectivity index (χ2n) is 8.80. The van der Waals surface area contributed by atoms with E-state index in [1.165, 1.54) is 6.20 Å². The van der Waals surface area contributed by atoms with Crippen LogP contribution in [-0.2, 0) is 4.74 Å². The first-order valence-corrected chi connectivity index (χ1v) is 11.8. The Hall–Kier alpha value is -3.47. The summed E-state index contributed by atoms with van der Waals surface area (Å²) in [6.07, 6.45) is 6.11. The Morgan fingerprint density at radius 3 is 2.80 bits per heavy atom. The second-order valence-corrected chi connectivity index (χ2v) is 8.80. The van der Waals surface area contributed by atoms with Gasteiger partial charge in [-0.25, -0.2) is 4.98 Å². The molecule has 3 aromatic rings. The molecule has 35 heavy (non-hydrogen) atoms. The summed E-state index contributed by atoms with van der Waals surface area (Å²) >= 11 is 0. The largest absolute Gasteiger partial charge is 0.404 e. The number of aliphatic hydroxyl groups excluding tert-OH is 1. The second kappa shape index (κ2) is 11.8. The van der Waals surface area contributed by atoms with Gasteiger partial charge in [0.15, 0.2) is 5.82 Å². The van der Waals surface area contributed by atoms with Crippen molar-refractivity contribution in [2.75, 3.05) is 44.7 Å². The summed E-state index contributed by atoms with van der Waals surface area (Å²) in [6, 6.07) is 7.64. The van der Waals surface area contributed by atoms with Crippen molar-refractivity contribution in [2.24, 2.45) is 10.7 Å². The van der Waals surface area contributed by atoms with Gasteiger partial charge < -0.3 is 20.9 Å². The van der Waals surface area contributed by atoms with Crippen LogP contribution in [0.5, 0.6) is 0 Å². The molecule has 10 heteroatoms. The molecule has 1 atom stereocenters. The molecule has 0 bridgehead atoms. The summed E-state index contributed by atoms with van der Waals surface area (Å²) in [7, 11) is 0. The van der Waals surface area contributed by atoms with Crippen molar-refractivity contribution in [3.63, 3.8) is 0 Å². The van der Waals surface area contributed by atoms with Crippen LogP contribution in [0.4, 0.5) is 11.6 Å². The quantitative estimate of drug-likeness (QED) is 0.398. The number of hydrogen-bond acceptors (Lipinski definition) is 10. The van der Waals surface area contributed by atoms with Gasteiger partial charge in [0, 0.05) is 49.4 Å². The maximum absolute atomic E-state index is 10.3. The van der Waals surface area contributed by atoms with Gasteiger partial charge in [0.25, 0.3) is 0 Å². The van der Waals surface area contributed by atoms with Gasteiger partial charge in [0.05, 0.1) is 43.1 Å². The van der Waals surface area contributed by atoms with E-state index in [9.17, 15) is 5.11 Å². The zero-order valence-electron chi connectivity index (χ0n) is 20.1. The zero-order valence-corrected chi connectivity index (χ0v) is 20.1. The van der Waals surface area contributed by atoms with E-state index in [0.29, 0.717) is 54.9 Å². The van der Waals surface area contributed by atoms with Crippen LogP contribution in [0.15, 0.2) is 47.9 Å².